The van der Waals surface area contributed by atoms with Gasteiger partial charge in [0.15, 0.2) is 0 Å². The molecule has 12 heteroatoms. The monoisotopic (exact) mass is 548 g/mol. The molecule has 3 aromatic rings. The molecule has 1 N–H and O–H groups in total. The number of carbonyl (C=O) groups excluding carboxylic acids is 1. The highest BCUT2D eigenvalue weighted by molar-refractivity contribution is 7.52. The van der Waals surface area contributed by atoms with Gasteiger partial charge in [0.1, 0.15) is 23.4 Å². The first-order valence-electron chi connectivity index (χ1n) is 11.9. The van der Waals surface area contributed by atoms with E-state index in [4.69, 9.17) is 13.8 Å². The van der Waals surface area contributed by atoms with Gasteiger partial charge >= 0.3 is 13.7 Å². The maximum Gasteiger partial charge on any atom is 0.514 e. The fourth-order valence-corrected chi connectivity index (χ4v) is 5.16. The molecule has 3 atom stereocenters. The van der Waals surface area contributed by atoms with Gasteiger partial charge in [0.05, 0.1) is 12.3 Å². The molecule has 0 fully saturated rings. The van der Waals surface area contributed by atoms with Crippen LogP contribution in [0.2, 0.25) is 0 Å². The van der Waals surface area contributed by atoms with Crippen molar-refractivity contribution in [2.24, 2.45) is 0 Å². The average molecular weight is 549 g/mol. The number of rotatable bonds is 11. The third-order valence-electron chi connectivity index (χ3n) is 5.54. The Kier molecular flexibility index (Phi) is 9.40. The lowest BCUT2D eigenvalue weighted by molar-refractivity contribution is -0.144. The molecular formula is C26H31F2N4O5P. The zero-order valence-electron chi connectivity index (χ0n) is 22.1. The van der Waals surface area contributed by atoms with Gasteiger partial charge in [0.2, 0.25) is 11.8 Å². The topological polar surface area (TPSA) is 103 Å². The molecule has 0 radical (unpaired) electrons. The van der Waals surface area contributed by atoms with E-state index in [1.807, 2.05) is 0 Å². The van der Waals surface area contributed by atoms with Crippen LogP contribution in [-0.4, -0.2) is 42.7 Å². The second kappa shape index (κ2) is 12.3. The molecular weight excluding hydrogens is 517 g/mol. The van der Waals surface area contributed by atoms with Crippen molar-refractivity contribution in [1.82, 2.24) is 15.1 Å². The minimum Gasteiger partial charge on any atom is -0.465 e. The predicted octanol–water partition coefficient (Wildman–Crippen LogP) is 5.39. The van der Waals surface area contributed by atoms with Gasteiger partial charge in [-0.15, -0.1) is 0 Å². The Morgan fingerprint density at radius 2 is 1.66 bits per heavy atom. The predicted molar refractivity (Wildman–Crippen MR) is 140 cm³/mol. The van der Waals surface area contributed by atoms with Gasteiger partial charge in [-0.05, 0) is 45.0 Å². The van der Waals surface area contributed by atoms with Crippen molar-refractivity contribution in [3.05, 3.63) is 77.0 Å². The maximum atomic E-state index is 14.6. The summed E-state index contributed by atoms with van der Waals surface area (Å²) in [5.41, 5.74) is 0.364. The summed E-state index contributed by atoms with van der Waals surface area (Å²) < 4.78 is 59.8. The lowest BCUT2D eigenvalue weighted by Gasteiger charge is -2.25. The Morgan fingerprint density at radius 1 is 1.03 bits per heavy atom. The number of hydrogen-bond donors (Lipinski definition) is 1. The molecule has 0 bridgehead atoms. The Bertz CT molecular complexity index is 1310. The summed E-state index contributed by atoms with van der Waals surface area (Å²) in [6.45, 7) is 6.41. The van der Waals surface area contributed by atoms with Crippen LogP contribution in [0.15, 0.2) is 48.5 Å². The van der Waals surface area contributed by atoms with Crippen LogP contribution in [0.4, 0.5) is 14.7 Å². The molecule has 9 nitrogen and oxygen atoms in total. The van der Waals surface area contributed by atoms with Gasteiger partial charge in [-0.2, -0.15) is 10.1 Å². The highest BCUT2D eigenvalue weighted by Crippen LogP contribution is 2.47. The van der Waals surface area contributed by atoms with Gasteiger partial charge in [0.25, 0.3) is 0 Å². The maximum absolute atomic E-state index is 14.6. The van der Waals surface area contributed by atoms with E-state index in [9.17, 15) is 18.1 Å². The fraction of sp³-hybridized carbons (Fsp3) is 0.346. The van der Waals surface area contributed by atoms with Crippen LogP contribution in [0, 0.1) is 18.6 Å². The van der Waals surface area contributed by atoms with Gasteiger partial charge in [0, 0.05) is 31.1 Å². The molecule has 2 unspecified atom stereocenters. The van der Waals surface area contributed by atoms with Crippen LogP contribution in [0.25, 0.3) is 0 Å². The average Bonchev–Trinajstić information content (AvgIpc) is 2.85. The highest BCUT2D eigenvalue weighted by Gasteiger charge is 2.36. The fourth-order valence-electron chi connectivity index (χ4n) is 3.63. The molecule has 1 heterocycles. The Morgan fingerprint density at radius 3 is 2.24 bits per heavy atom. The van der Waals surface area contributed by atoms with Gasteiger partial charge < -0.3 is 18.7 Å². The van der Waals surface area contributed by atoms with E-state index in [0.717, 1.165) is 12.1 Å². The Balaban J connectivity index is 2.09. The second-order valence-corrected chi connectivity index (χ2v) is 10.3. The molecule has 0 saturated heterocycles. The van der Waals surface area contributed by atoms with E-state index in [2.05, 4.69) is 15.1 Å². The number of nitrogens with one attached hydrogen (secondary N) is 1. The first-order chi connectivity index (χ1) is 18.0. The van der Waals surface area contributed by atoms with Crippen molar-refractivity contribution in [2.75, 3.05) is 25.6 Å². The van der Waals surface area contributed by atoms with Crippen molar-refractivity contribution in [3.8, 4) is 11.6 Å². The van der Waals surface area contributed by atoms with Crippen molar-refractivity contribution < 1.29 is 31.9 Å². The molecule has 0 aliphatic carbocycles. The molecule has 3 rings (SSSR count). The number of carbonyl (C=O) groups is 1. The minimum absolute atomic E-state index is 0.126. The molecule has 1 aromatic heterocycles. The van der Waals surface area contributed by atoms with Crippen LogP contribution in [0.5, 0.6) is 11.6 Å². The first-order valence-corrected chi connectivity index (χ1v) is 13.5. The highest BCUT2D eigenvalue weighted by atomic mass is 31.2. The number of para-hydroxylation sites is 1. The van der Waals surface area contributed by atoms with Gasteiger partial charge in [-0.1, -0.05) is 31.2 Å². The Hall–Kier alpha value is -3.56. The molecule has 0 saturated carbocycles. The SMILES string of the molecule is CCOC(=O)[C@H](C)NP(=O)(Oc1ccccc1)Oc1nc(N(C)C)nc(C(C)c2c(F)cccc2F)c1C. The van der Waals surface area contributed by atoms with Gasteiger partial charge in [-0.25, -0.2) is 18.3 Å². The van der Waals surface area contributed by atoms with Crippen molar-refractivity contribution in [2.45, 2.75) is 39.7 Å². The summed E-state index contributed by atoms with van der Waals surface area (Å²) in [6, 6.07) is 10.8. The van der Waals surface area contributed by atoms with Crippen LogP contribution >= 0.6 is 7.75 Å². The van der Waals surface area contributed by atoms with E-state index >= 15 is 0 Å². The lowest BCUT2D eigenvalue weighted by atomic mass is 9.94. The number of halogens is 2. The molecule has 0 spiro atoms. The van der Waals surface area contributed by atoms with Crippen molar-refractivity contribution in [3.63, 3.8) is 0 Å². The van der Waals surface area contributed by atoms with Crippen molar-refractivity contribution in [1.29, 1.82) is 0 Å². The van der Waals surface area contributed by atoms with Gasteiger partial charge in [-0.3, -0.25) is 4.79 Å². The van der Waals surface area contributed by atoms with Crippen LogP contribution in [0.1, 0.15) is 43.5 Å². The summed E-state index contributed by atoms with van der Waals surface area (Å²) in [4.78, 5) is 22.7. The second-order valence-electron chi connectivity index (χ2n) is 8.69. The lowest BCUT2D eigenvalue weighted by Crippen LogP contribution is -2.36. The van der Waals surface area contributed by atoms with Crippen LogP contribution in [-0.2, 0) is 14.1 Å². The normalized spacial score (nSPS) is 14.2. The zero-order chi connectivity index (χ0) is 28.0. The number of esters is 1. The number of hydrogen-bond acceptors (Lipinski definition) is 8. The zero-order valence-corrected chi connectivity index (χ0v) is 23.0. The standard InChI is InChI=1S/C26H31F2N4O5P/c1-7-35-25(33)18(4)31-38(34,36-19-12-9-8-10-13-19)37-24-17(3)23(29-26(30-24)32(5)6)16(2)22-20(27)14-11-15-21(22)28/h8-16,18H,7H2,1-6H3,(H,31,34)/t16?,18-,38?/m0/s1. The minimum atomic E-state index is -4.32. The van der Waals surface area contributed by atoms with Crippen molar-refractivity contribution >= 4 is 19.7 Å². The number of anilines is 1. The number of aromatic nitrogens is 2. The molecule has 204 valence electrons. The third kappa shape index (κ3) is 6.85. The molecule has 0 aliphatic rings. The van der Waals surface area contributed by atoms with Crippen LogP contribution < -0.4 is 19.0 Å². The first kappa shape index (κ1) is 29.0. The molecule has 2 aromatic carbocycles. The number of nitrogens with zero attached hydrogens (tertiary/aromatic N) is 3. The van der Waals surface area contributed by atoms with E-state index in [-0.39, 0.29) is 41.0 Å². The third-order valence-corrected chi connectivity index (χ3v) is 7.11. The largest absolute Gasteiger partial charge is 0.514 e. The van der Waals surface area contributed by atoms with E-state index in [1.165, 1.54) is 13.0 Å². The van der Waals surface area contributed by atoms with E-state index < -0.39 is 37.3 Å². The molecule has 38 heavy (non-hydrogen) atoms. The summed E-state index contributed by atoms with van der Waals surface area (Å²) in [6.07, 6.45) is 0. The molecule has 0 amide bonds. The van der Waals surface area contributed by atoms with Crippen LogP contribution in [0.3, 0.4) is 0 Å². The summed E-state index contributed by atoms with van der Waals surface area (Å²) in [5, 5.41) is 2.59. The number of benzene rings is 2. The smallest absolute Gasteiger partial charge is 0.465 e. The summed E-state index contributed by atoms with van der Waals surface area (Å²) >= 11 is 0. The quantitative estimate of drug-likeness (QED) is 0.250. The summed E-state index contributed by atoms with van der Waals surface area (Å²) in [5.74, 6) is -2.76. The Labute approximate surface area is 220 Å². The van der Waals surface area contributed by atoms with E-state index in [1.54, 1.807) is 70.1 Å². The van der Waals surface area contributed by atoms with E-state index in [0.29, 0.717) is 0 Å². The molecule has 0 aliphatic heterocycles. The summed E-state index contributed by atoms with van der Waals surface area (Å²) in [7, 11) is -0.974. The number of ether oxygens (including phenoxy) is 1.